The number of nitrogens with zero attached hydrogens (tertiary/aromatic N) is 5. The second kappa shape index (κ2) is 13.3. The molecule has 1 aromatic heterocycles. The zero-order chi connectivity index (χ0) is 23.5. The van der Waals surface area contributed by atoms with Gasteiger partial charge in [-0.3, -0.25) is 24.1 Å². The highest BCUT2D eigenvalue weighted by Gasteiger charge is 2.37. The summed E-state index contributed by atoms with van der Waals surface area (Å²) in [6.45, 7) is 5.20. The minimum atomic E-state index is -0.225. The lowest BCUT2D eigenvalue weighted by molar-refractivity contribution is -0.138. The molecule has 0 saturated carbocycles. The van der Waals surface area contributed by atoms with E-state index in [2.05, 4.69) is 10.3 Å². The normalized spacial score (nSPS) is 16.1. The van der Waals surface area contributed by atoms with Crippen molar-refractivity contribution in [2.24, 2.45) is 0 Å². The Morgan fingerprint density at radius 2 is 2.06 bits per heavy atom. The van der Waals surface area contributed by atoms with Gasteiger partial charge in [0.05, 0.1) is 24.7 Å². The average molecular weight is 468 g/mol. The molecule has 10 nitrogen and oxygen atoms in total. The van der Waals surface area contributed by atoms with E-state index < -0.39 is 0 Å². The molecule has 1 saturated heterocycles. The monoisotopic (exact) mass is 467 g/mol. The number of unbranched alkanes of at least 4 members (excludes halogenated alkanes) is 2. The van der Waals surface area contributed by atoms with Crippen molar-refractivity contribution in [1.29, 1.82) is 0 Å². The first-order chi connectivity index (χ1) is 15.3. The van der Waals surface area contributed by atoms with E-state index in [9.17, 15) is 19.2 Å². The van der Waals surface area contributed by atoms with Gasteiger partial charge in [0.2, 0.25) is 17.7 Å². The van der Waals surface area contributed by atoms with E-state index >= 15 is 0 Å². The van der Waals surface area contributed by atoms with Crippen LogP contribution in [0.3, 0.4) is 0 Å². The maximum atomic E-state index is 12.2. The van der Waals surface area contributed by atoms with Crippen molar-refractivity contribution in [2.75, 3.05) is 32.5 Å². The maximum Gasteiger partial charge on any atom is 0.242 e. The van der Waals surface area contributed by atoms with Gasteiger partial charge < -0.3 is 9.64 Å². The van der Waals surface area contributed by atoms with Crippen molar-refractivity contribution in [1.82, 2.24) is 24.8 Å². The molecule has 1 atom stereocenters. The number of likely N-dealkylation sites (tertiary alicyclic amines) is 1. The summed E-state index contributed by atoms with van der Waals surface area (Å²) in [5.74, 6) is 0.701. The van der Waals surface area contributed by atoms with E-state index in [1.165, 1.54) is 28.3 Å². The first-order valence-electron chi connectivity index (χ1n) is 11.0. The Balaban J connectivity index is 1.54. The van der Waals surface area contributed by atoms with Crippen molar-refractivity contribution in [3.63, 3.8) is 0 Å². The molecule has 2 heterocycles. The van der Waals surface area contributed by atoms with Gasteiger partial charge in [-0.05, 0) is 25.5 Å². The number of hydrogen-bond donors (Lipinski definition) is 0. The molecule has 2 rings (SSSR count). The van der Waals surface area contributed by atoms with Gasteiger partial charge in [0.15, 0.2) is 5.78 Å². The lowest BCUT2D eigenvalue weighted by Crippen LogP contribution is -2.32. The second-order valence-corrected chi connectivity index (χ2v) is 9.30. The summed E-state index contributed by atoms with van der Waals surface area (Å²) >= 11 is 1.52. The molecule has 1 aliphatic rings. The van der Waals surface area contributed by atoms with Crippen LogP contribution in [-0.2, 0) is 37.1 Å². The fourth-order valence-electron chi connectivity index (χ4n) is 3.35. The van der Waals surface area contributed by atoms with Crippen LogP contribution in [0.5, 0.6) is 0 Å². The van der Waals surface area contributed by atoms with Gasteiger partial charge in [-0.1, -0.05) is 18.6 Å². The first-order valence-corrected chi connectivity index (χ1v) is 12.0. The zero-order valence-electron chi connectivity index (χ0n) is 19.1. The quantitative estimate of drug-likeness (QED) is 0.280. The van der Waals surface area contributed by atoms with Crippen molar-refractivity contribution >= 4 is 35.3 Å². The Labute approximate surface area is 193 Å². The minimum absolute atomic E-state index is 0.000223. The van der Waals surface area contributed by atoms with Crippen LogP contribution in [0.25, 0.3) is 0 Å². The van der Waals surface area contributed by atoms with Crippen LogP contribution in [0.1, 0.15) is 51.6 Å². The number of Topliss-reactive ketones (excluding diaryl/α,β-unsaturated/α-hetero) is 1. The van der Waals surface area contributed by atoms with E-state index in [0.717, 1.165) is 12.2 Å². The summed E-state index contributed by atoms with van der Waals surface area (Å²) in [5.41, 5.74) is 0.634. The number of ether oxygens (including phenoxy) is 1. The maximum absolute atomic E-state index is 12.2. The lowest BCUT2D eigenvalue weighted by Gasteiger charge is -2.17. The van der Waals surface area contributed by atoms with Gasteiger partial charge >= 0.3 is 0 Å². The highest BCUT2D eigenvalue weighted by atomic mass is 32.2. The Morgan fingerprint density at radius 1 is 1.28 bits per heavy atom. The summed E-state index contributed by atoms with van der Waals surface area (Å²) in [4.78, 5) is 50.5. The molecule has 32 heavy (non-hydrogen) atoms. The van der Waals surface area contributed by atoms with Crippen LogP contribution >= 0.6 is 11.8 Å². The fraction of sp³-hybridized carbons (Fsp3) is 0.714. The van der Waals surface area contributed by atoms with E-state index in [4.69, 9.17) is 4.74 Å². The number of likely N-dealkylation sites (N-methyl/N-ethyl adjacent to an activating group) is 1. The SMILES string of the molecule is CCSC1CC(=O)N(CCCCCC(=O)N(C)CCOCc2cn(CC(C)=O)nn2)C1=O. The molecule has 11 heteroatoms. The Morgan fingerprint density at radius 3 is 2.78 bits per heavy atom. The van der Waals surface area contributed by atoms with Gasteiger partial charge in [-0.15, -0.1) is 16.9 Å². The molecule has 178 valence electrons. The predicted octanol–water partition coefficient (Wildman–Crippen LogP) is 1.28. The third-order valence-electron chi connectivity index (χ3n) is 5.06. The number of carbonyl (C=O) groups excluding carboxylic acids is 4. The number of amides is 3. The number of carbonyl (C=O) groups is 4. The third-order valence-corrected chi connectivity index (χ3v) is 6.16. The van der Waals surface area contributed by atoms with E-state index in [0.29, 0.717) is 51.1 Å². The standard InChI is InChI=1S/C21H33N5O5S/c1-4-32-18-12-20(29)26(21(18)30)9-7-5-6-8-19(28)24(3)10-11-31-15-17-14-25(23-22-17)13-16(2)27/h14,18H,4-13,15H2,1-3H3. The fourth-order valence-corrected chi connectivity index (χ4v) is 4.28. The number of rotatable bonds is 15. The van der Waals surface area contributed by atoms with Crippen LogP contribution in [0, 0.1) is 0 Å². The highest BCUT2D eigenvalue weighted by Crippen LogP contribution is 2.25. The molecule has 0 aromatic carbocycles. The van der Waals surface area contributed by atoms with Crippen molar-refractivity contribution in [3.05, 3.63) is 11.9 Å². The number of hydrogen-bond acceptors (Lipinski definition) is 8. The van der Waals surface area contributed by atoms with Crippen molar-refractivity contribution in [2.45, 2.75) is 64.4 Å². The van der Waals surface area contributed by atoms with Crippen molar-refractivity contribution in [3.8, 4) is 0 Å². The summed E-state index contributed by atoms with van der Waals surface area (Å²) < 4.78 is 7.01. The Bertz CT molecular complexity index is 799. The molecule has 0 bridgehead atoms. The highest BCUT2D eigenvalue weighted by molar-refractivity contribution is 8.00. The minimum Gasteiger partial charge on any atom is -0.373 e. The molecular weight excluding hydrogens is 434 g/mol. The predicted molar refractivity (Wildman–Crippen MR) is 120 cm³/mol. The smallest absolute Gasteiger partial charge is 0.242 e. The van der Waals surface area contributed by atoms with Gasteiger partial charge in [0, 0.05) is 33.0 Å². The lowest BCUT2D eigenvalue weighted by atomic mass is 10.1. The summed E-state index contributed by atoms with van der Waals surface area (Å²) in [7, 11) is 1.74. The third kappa shape index (κ3) is 8.34. The molecule has 0 radical (unpaired) electrons. The van der Waals surface area contributed by atoms with Crippen LogP contribution in [0.4, 0.5) is 0 Å². The van der Waals surface area contributed by atoms with Crippen molar-refractivity contribution < 1.29 is 23.9 Å². The molecule has 0 spiro atoms. The van der Waals surface area contributed by atoms with E-state index in [-0.39, 0.29) is 41.9 Å². The molecule has 1 aliphatic heterocycles. The van der Waals surface area contributed by atoms with E-state index in [1.807, 2.05) is 6.92 Å². The average Bonchev–Trinajstić information content (AvgIpc) is 3.29. The summed E-state index contributed by atoms with van der Waals surface area (Å²) in [5, 5.41) is 7.57. The Hall–Kier alpha value is -2.27. The molecular formula is C21H33N5O5S. The van der Waals surface area contributed by atoms with E-state index in [1.54, 1.807) is 18.1 Å². The van der Waals surface area contributed by atoms with Gasteiger partial charge in [-0.2, -0.15) is 0 Å². The van der Waals surface area contributed by atoms with Gasteiger partial charge in [-0.25, -0.2) is 4.68 Å². The largest absolute Gasteiger partial charge is 0.373 e. The van der Waals surface area contributed by atoms with Crippen LogP contribution in [0.15, 0.2) is 6.20 Å². The molecule has 0 N–H and O–H groups in total. The molecule has 1 aromatic rings. The molecule has 3 amide bonds. The Kier molecular flexibility index (Phi) is 10.8. The van der Waals surface area contributed by atoms with Gasteiger partial charge in [0.1, 0.15) is 12.2 Å². The van der Waals surface area contributed by atoms with Gasteiger partial charge in [0.25, 0.3) is 0 Å². The number of imide groups is 1. The molecule has 1 fully saturated rings. The first kappa shape index (κ1) is 26.0. The van der Waals surface area contributed by atoms with Crippen LogP contribution in [0.2, 0.25) is 0 Å². The number of aromatic nitrogens is 3. The number of thioether (sulfide) groups is 1. The van der Waals surface area contributed by atoms with Crippen LogP contribution < -0.4 is 0 Å². The number of ketones is 1. The summed E-state index contributed by atoms with van der Waals surface area (Å²) in [6.07, 6.45) is 4.61. The zero-order valence-corrected chi connectivity index (χ0v) is 19.9. The molecule has 0 aliphatic carbocycles. The summed E-state index contributed by atoms with van der Waals surface area (Å²) in [6, 6.07) is 0. The van der Waals surface area contributed by atoms with Crippen LogP contribution in [-0.4, -0.2) is 86.0 Å². The molecule has 1 unspecified atom stereocenters. The topological polar surface area (TPSA) is 115 Å². The second-order valence-electron chi connectivity index (χ2n) is 7.82.